The quantitative estimate of drug-likeness (QED) is 0.236. The lowest BCUT2D eigenvalue weighted by Crippen LogP contribution is -2.29. The molecule has 2 heterocycles. The Labute approximate surface area is 181 Å². The standard InChI is InChI=1S/C26H25NO4/c1-5-24(29)30-23-11-8-19(25-20(23)12-14-26(2,3)31-25)22(28)10-7-17-6-9-21-18(16-17)13-15-27(21)4/h6-16H,5H2,1-4H3/b10-7+. The molecule has 5 nitrogen and oxygen atoms in total. The molecule has 4 rings (SSSR count). The number of aryl methyl sites for hydroxylation is 1. The van der Waals surface area contributed by atoms with Crippen molar-refractivity contribution < 1.29 is 19.1 Å². The van der Waals surface area contributed by atoms with Gasteiger partial charge >= 0.3 is 5.97 Å². The largest absolute Gasteiger partial charge is 0.482 e. The lowest BCUT2D eigenvalue weighted by Gasteiger charge is -2.29. The van der Waals surface area contributed by atoms with Gasteiger partial charge in [0.15, 0.2) is 5.78 Å². The van der Waals surface area contributed by atoms with Crippen molar-refractivity contribution in [3.8, 4) is 11.5 Å². The topological polar surface area (TPSA) is 57.5 Å². The van der Waals surface area contributed by atoms with Crippen LogP contribution in [0.3, 0.4) is 0 Å². The molecule has 0 atom stereocenters. The molecular weight excluding hydrogens is 390 g/mol. The van der Waals surface area contributed by atoms with Crippen LogP contribution in [0.15, 0.2) is 54.7 Å². The summed E-state index contributed by atoms with van der Waals surface area (Å²) < 4.78 is 13.6. The normalized spacial score (nSPS) is 14.5. The van der Waals surface area contributed by atoms with Crippen molar-refractivity contribution in [2.24, 2.45) is 7.05 Å². The third-order valence-corrected chi connectivity index (χ3v) is 5.29. The summed E-state index contributed by atoms with van der Waals surface area (Å²) in [6.07, 6.45) is 9.36. The van der Waals surface area contributed by atoms with E-state index in [-0.39, 0.29) is 18.2 Å². The molecule has 1 aliphatic rings. The fraction of sp³-hybridized carbons (Fsp3) is 0.231. The van der Waals surface area contributed by atoms with Crippen molar-refractivity contribution in [1.29, 1.82) is 0 Å². The number of hydrogen-bond donors (Lipinski definition) is 0. The minimum atomic E-state index is -0.572. The smallest absolute Gasteiger partial charge is 0.310 e. The van der Waals surface area contributed by atoms with Gasteiger partial charge in [0.05, 0.1) is 11.1 Å². The minimum absolute atomic E-state index is 0.177. The molecule has 5 heteroatoms. The van der Waals surface area contributed by atoms with Gasteiger partial charge in [-0.1, -0.05) is 19.1 Å². The molecule has 0 spiro atoms. The molecular formula is C26H25NO4. The molecule has 3 aromatic rings. The number of aromatic nitrogens is 1. The molecule has 0 bridgehead atoms. The number of ketones is 1. The molecule has 0 aliphatic carbocycles. The first-order valence-corrected chi connectivity index (χ1v) is 10.3. The van der Waals surface area contributed by atoms with Crippen molar-refractivity contribution in [3.63, 3.8) is 0 Å². The number of allylic oxidation sites excluding steroid dienone is 1. The Morgan fingerprint density at radius 2 is 1.97 bits per heavy atom. The number of carbonyl (C=O) groups excluding carboxylic acids is 2. The molecule has 0 saturated heterocycles. The maximum Gasteiger partial charge on any atom is 0.310 e. The van der Waals surface area contributed by atoms with Gasteiger partial charge in [0.2, 0.25) is 0 Å². The molecule has 31 heavy (non-hydrogen) atoms. The molecule has 0 amide bonds. The van der Waals surface area contributed by atoms with E-state index >= 15 is 0 Å². The first-order valence-electron chi connectivity index (χ1n) is 10.3. The second-order valence-electron chi connectivity index (χ2n) is 8.16. The second-order valence-corrected chi connectivity index (χ2v) is 8.16. The second kappa shape index (κ2) is 7.91. The van der Waals surface area contributed by atoms with Crippen LogP contribution in [0.1, 0.15) is 48.7 Å². The van der Waals surface area contributed by atoms with E-state index in [9.17, 15) is 9.59 Å². The fourth-order valence-electron chi connectivity index (χ4n) is 3.57. The van der Waals surface area contributed by atoms with Crippen molar-refractivity contribution in [2.75, 3.05) is 0 Å². The Bertz CT molecular complexity index is 1240. The van der Waals surface area contributed by atoms with E-state index in [1.807, 2.05) is 63.5 Å². The predicted octanol–water partition coefficient (Wildman–Crippen LogP) is 5.57. The summed E-state index contributed by atoms with van der Waals surface area (Å²) in [6, 6.07) is 11.4. The van der Waals surface area contributed by atoms with E-state index < -0.39 is 5.60 Å². The van der Waals surface area contributed by atoms with Crippen molar-refractivity contribution in [1.82, 2.24) is 4.57 Å². The average Bonchev–Trinajstić information content (AvgIpc) is 3.11. The van der Waals surface area contributed by atoms with Gasteiger partial charge in [-0.25, -0.2) is 0 Å². The average molecular weight is 415 g/mol. The van der Waals surface area contributed by atoms with E-state index in [0.717, 1.165) is 16.5 Å². The summed E-state index contributed by atoms with van der Waals surface area (Å²) in [5.41, 5.74) is 2.54. The highest BCUT2D eigenvalue weighted by Crippen LogP contribution is 2.40. The number of benzene rings is 2. The third kappa shape index (κ3) is 4.17. The Kier molecular flexibility index (Phi) is 5.27. The maximum atomic E-state index is 13.1. The van der Waals surface area contributed by atoms with Crippen LogP contribution in [0.4, 0.5) is 0 Å². The summed E-state index contributed by atoms with van der Waals surface area (Å²) in [5, 5.41) is 1.12. The van der Waals surface area contributed by atoms with Gasteiger partial charge in [-0.15, -0.1) is 0 Å². The zero-order valence-corrected chi connectivity index (χ0v) is 18.1. The molecule has 158 valence electrons. The van der Waals surface area contributed by atoms with E-state index in [2.05, 4.69) is 4.57 Å². The van der Waals surface area contributed by atoms with E-state index in [4.69, 9.17) is 9.47 Å². The van der Waals surface area contributed by atoms with Gasteiger partial charge in [-0.05, 0) is 68.0 Å². The maximum absolute atomic E-state index is 13.1. The molecule has 0 saturated carbocycles. The highest BCUT2D eigenvalue weighted by atomic mass is 16.5. The van der Waals surface area contributed by atoms with Gasteiger partial charge in [0.1, 0.15) is 17.1 Å². The van der Waals surface area contributed by atoms with Crippen LogP contribution in [0.25, 0.3) is 23.1 Å². The summed E-state index contributed by atoms with van der Waals surface area (Å²) >= 11 is 0. The number of nitrogens with zero attached hydrogens (tertiary/aromatic N) is 1. The monoisotopic (exact) mass is 415 g/mol. The minimum Gasteiger partial charge on any atom is -0.482 e. The Morgan fingerprint density at radius 3 is 2.74 bits per heavy atom. The first-order chi connectivity index (χ1) is 14.8. The highest BCUT2D eigenvalue weighted by Gasteiger charge is 2.28. The van der Waals surface area contributed by atoms with E-state index in [0.29, 0.717) is 22.6 Å². The highest BCUT2D eigenvalue weighted by molar-refractivity contribution is 6.10. The van der Waals surface area contributed by atoms with Gasteiger partial charge < -0.3 is 14.0 Å². The van der Waals surface area contributed by atoms with Gasteiger partial charge in [0.25, 0.3) is 0 Å². The number of carbonyl (C=O) groups is 2. The predicted molar refractivity (Wildman–Crippen MR) is 122 cm³/mol. The Balaban J connectivity index is 1.67. The summed E-state index contributed by atoms with van der Waals surface area (Å²) in [6.45, 7) is 5.56. The van der Waals surface area contributed by atoms with Crippen molar-refractivity contribution in [2.45, 2.75) is 32.8 Å². The molecule has 0 fully saturated rings. The molecule has 1 aromatic heterocycles. The van der Waals surface area contributed by atoms with E-state index in [1.54, 1.807) is 31.2 Å². The molecule has 1 aliphatic heterocycles. The van der Waals surface area contributed by atoms with Crippen molar-refractivity contribution in [3.05, 3.63) is 71.4 Å². The zero-order chi connectivity index (χ0) is 22.2. The van der Waals surface area contributed by atoms with Crippen LogP contribution in [0.5, 0.6) is 11.5 Å². The van der Waals surface area contributed by atoms with Crippen LogP contribution < -0.4 is 9.47 Å². The van der Waals surface area contributed by atoms with Gasteiger partial charge in [0, 0.05) is 30.6 Å². The molecule has 0 N–H and O–H groups in total. The summed E-state index contributed by atoms with van der Waals surface area (Å²) in [7, 11) is 2.00. The number of hydrogen-bond acceptors (Lipinski definition) is 4. The summed E-state index contributed by atoms with van der Waals surface area (Å²) in [4.78, 5) is 24.9. The lowest BCUT2D eigenvalue weighted by molar-refractivity contribution is -0.134. The van der Waals surface area contributed by atoms with Crippen molar-refractivity contribution >= 4 is 34.8 Å². The number of esters is 1. The zero-order valence-electron chi connectivity index (χ0n) is 18.1. The van der Waals surface area contributed by atoms with Crippen LogP contribution in [0.2, 0.25) is 0 Å². The number of ether oxygens (including phenoxy) is 2. The number of rotatable bonds is 5. The summed E-state index contributed by atoms with van der Waals surface area (Å²) in [5.74, 6) is 0.310. The molecule has 0 radical (unpaired) electrons. The molecule has 0 unspecified atom stereocenters. The lowest BCUT2D eigenvalue weighted by atomic mass is 9.97. The van der Waals surface area contributed by atoms with Crippen LogP contribution in [-0.4, -0.2) is 21.9 Å². The third-order valence-electron chi connectivity index (χ3n) is 5.29. The van der Waals surface area contributed by atoms with Gasteiger partial charge in [-0.2, -0.15) is 0 Å². The van der Waals surface area contributed by atoms with Gasteiger partial charge in [-0.3, -0.25) is 9.59 Å². The SMILES string of the molecule is CCC(=O)Oc1ccc(C(=O)/C=C/c2ccc3c(ccn3C)c2)c2c1C=CC(C)(C)O2. The number of fused-ring (bicyclic) bond motifs is 2. The fourth-order valence-corrected chi connectivity index (χ4v) is 3.57. The first kappa shape index (κ1) is 20.7. The van der Waals surface area contributed by atoms with Crippen LogP contribution in [0, 0.1) is 0 Å². The molecule has 2 aromatic carbocycles. The van der Waals surface area contributed by atoms with Crippen LogP contribution >= 0.6 is 0 Å². The van der Waals surface area contributed by atoms with Crippen LogP contribution in [-0.2, 0) is 11.8 Å². The van der Waals surface area contributed by atoms with E-state index in [1.165, 1.54) is 0 Å². The Hall–Kier alpha value is -3.60. The Morgan fingerprint density at radius 1 is 1.16 bits per heavy atom.